The Morgan fingerprint density at radius 1 is 0.926 bits per heavy atom. The van der Waals surface area contributed by atoms with Crippen LogP contribution >= 0.6 is 11.6 Å². The van der Waals surface area contributed by atoms with Gasteiger partial charge in [-0.05, 0) is 35.9 Å². The van der Waals surface area contributed by atoms with Crippen molar-refractivity contribution in [3.05, 3.63) is 77.3 Å². The summed E-state index contributed by atoms with van der Waals surface area (Å²) in [5.41, 5.74) is 0.969. The van der Waals surface area contributed by atoms with E-state index >= 15 is 0 Å². The number of ether oxygens (including phenoxy) is 1. The van der Waals surface area contributed by atoms with E-state index in [0.29, 0.717) is 29.8 Å². The van der Waals surface area contributed by atoms with E-state index in [9.17, 15) is 4.79 Å². The molecule has 3 rings (SSSR count). The Morgan fingerprint density at radius 2 is 1.63 bits per heavy atom. The zero-order valence-electron chi connectivity index (χ0n) is 14.6. The molecular formula is C20H19ClN4O2. The van der Waals surface area contributed by atoms with Crippen molar-refractivity contribution in [3.8, 4) is 5.75 Å². The number of benzene rings is 2. The highest BCUT2D eigenvalue weighted by Crippen LogP contribution is 2.16. The molecule has 138 valence electrons. The first-order valence-corrected chi connectivity index (χ1v) is 8.87. The SMILES string of the molecule is O=C(CCOc1ccccc1)Nc1ccc(NCc2ccccc2Cl)nn1. The van der Waals surface area contributed by atoms with Gasteiger partial charge in [0.15, 0.2) is 5.82 Å². The summed E-state index contributed by atoms with van der Waals surface area (Å²) < 4.78 is 5.50. The third-order valence-electron chi connectivity index (χ3n) is 3.69. The van der Waals surface area contributed by atoms with Gasteiger partial charge in [-0.15, -0.1) is 10.2 Å². The van der Waals surface area contributed by atoms with E-state index in [-0.39, 0.29) is 12.3 Å². The number of hydrogen-bond acceptors (Lipinski definition) is 5. The van der Waals surface area contributed by atoms with Gasteiger partial charge >= 0.3 is 0 Å². The second-order valence-electron chi connectivity index (χ2n) is 5.71. The average Bonchev–Trinajstić information content (AvgIpc) is 2.69. The molecule has 0 aliphatic heterocycles. The maximum Gasteiger partial charge on any atom is 0.229 e. The molecule has 0 saturated heterocycles. The van der Waals surface area contributed by atoms with Crippen molar-refractivity contribution >= 4 is 29.1 Å². The van der Waals surface area contributed by atoms with Crippen molar-refractivity contribution in [2.24, 2.45) is 0 Å². The van der Waals surface area contributed by atoms with Gasteiger partial charge in [0, 0.05) is 11.6 Å². The van der Waals surface area contributed by atoms with Crippen molar-refractivity contribution in [2.45, 2.75) is 13.0 Å². The van der Waals surface area contributed by atoms with Crippen LogP contribution in [-0.4, -0.2) is 22.7 Å². The number of rotatable bonds is 8. The molecule has 3 aromatic rings. The zero-order chi connectivity index (χ0) is 18.9. The lowest BCUT2D eigenvalue weighted by Gasteiger charge is -2.08. The third kappa shape index (κ3) is 5.97. The van der Waals surface area contributed by atoms with E-state index in [0.717, 1.165) is 11.3 Å². The molecule has 0 spiro atoms. The Hall–Kier alpha value is -3.12. The van der Waals surface area contributed by atoms with Crippen LogP contribution in [0, 0.1) is 0 Å². The lowest BCUT2D eigenvalue weighted by molar-refractivity contribution is -0.116. The van der Waals surface area contributed by atoms with E-state index in [1.165, 1.54) is 0 Å². The van der Waals surface area contributed by atoms with Crippen LogP contribution in [-0.2, 0) is 11.3 Å². The minimum atomic E-state index is -0.183. The number of para-hydroxylation sites is 1. The Kier molecular flexibility index (Phi) is 6.60. The van der Waals surface area contributed by atoms with Crippen LogP contribution in [0.2, 0.25) is 5.02 Å². The van der Waals surface area contributed by atoms with Crippen LogP contribution < -0.4 is 15.4 Å². The minimum Gasteiger partial charge on any atom is -0.493 e. The number of hydrogen-bond donors (Lipinski definition) is 2. The maximum atomic E-state index is 11.9. The van der Waals surface area contributed by atoms with Gasteiger partial charge in [-0.25, -0.2) is 0 Å². The molecule has 0 unspecified atom stereocenters. The van der Waals surface area contributed by atoms with Crippen LogP contribution in [0.25, 0.3) is 0 Å². The lowest BCUT2D eigenvalue weighted by Crippen LogP contribution is -2.16. The fourth-order valence-corrected chi connectivity index (χ4v) is 2.51. The summed E-state index contributed by atoms with van der Waals surface area (Å²) in [7, 11) is 0. The van der Waals surface area contributed by atoms with Gasteiger partial charge in [0.05, 0.1) is 13.0 Å². The molecule has 0 radical (unpaired) electrons. The monoisotopic (exact) mass is 382 g/mol. The molecule has 0 aliphatic rings. The summed E-state index contributed by atoms with van der Waals surface area (Å²) in [6, 6.07) is 20.4. The molecule has 2 N–H and O–H groups in total. The molecule has 0 bridgehead atoms. The first-order valence-electron chi connectivity index (χ1n) is 8.49. The van der Waals surface area contributed by atoms with Gasteiger partial charge in [-0.2, -0.15) is 0 Å². The molecule has 27 heavy (non-hydrogen) atoms. The smallest absolute Gasteiger partial charge is 0.229 e. The molecule has 1 amide bonds. The van der Waals surface area contributed by atoms with Crippen LogP contribution in [0.3, 0.4) is 0 Å². The number of carbonyl (C=O) groups excluding carboxylic acids is 1. The van der Waals surface area contributed by atoms with Crippen molar-refractivity contribution in [1.29, 1.82) is 0 Å². The van der Waals surface area contributed by atoms with E-state index in [2.05, 4.69) is 20.8 Å². The van der Waals surface area contributed by atoms with Gasteiger partial charge in [0.1, 0.15) is 11.6 Å². The second-order valence-corrected chi connectivity index (χ2v) is 6.12. The molecule has 6 nitrogen and oxygen atoms in total. The number of amides is 1. The van der Waals surface area contributed by atoms with Gasteiger partial charge in [0.2, 0.25) is 5.91 Å². The van der Waals surface area contributed by atoms with Gasteiger partial charge in [0.25, 0.3) is 0 Å². The van der Waals surface area contributed by atoms with E-state index in [1.807, 2.05) is 54.6 Å². The number of anilines is 2. The largest absolute Gasteiger partial charge is 0.493 e. The number of nitrogens with one attached hydrogen (secondary N) is 2. The second kappa shape index (κ2) is 9.54. The standard InChI is InChI=1S/C20H19ClN4O2/c21-17-9-5-4-6-15(17)14-22-18-10-11-19(25-24-18)23-20(26)12-13-27-16-7-2-1-3-8-16/h1-11H,12-14H2,(H,22,24)(H,23,25,26). The molecule has 0 atom stereocenters. The van der Waals surface area contributed by atoms with Crippen molar-refractivity contribution in [1.82, 2.24) is 10.2 Å². The highest BCUT2D eigenvalue weighted by molar-refractivity contribution is 6.31. The molecular weight excluding hydrogens is 364 g/mol. The Bertz CT molecular complexity index is 873. The number of nitrogens with zero attached hydrogens (tertiary/aromatic N) is 2. The first-order chi connectivity index (χ1) is 13.2. The van der Waals surface area contributed by atoms with Crippen LogP contribution in [0.5, 0.6) is 5.75 Å². The van der Waals surface area contributed by atoms with Gasteiger partial charge < -0.3 is 15.4 Å². The summed E-state index contributed by atoms with van der Waals surface area (Å²) in [5.74, 6) is 1.54. The van der Waals surface area contributed by atoms with Gasteiger partial charge in [-0.1, -0.05) is 48.0 Å². The van der Waals surface area contributed by atoms with Crippen molar-refractivity contribution in [2.75, 3.05) is 17.2 Å². The average molecular weight is 383 g/mol. The predicted molar refractivity (Wildman–Crippen MR) is 106 cm³/mol. The number of halogens is 1. The molecule has 7 heteroatoms. The Balaban J connectivity index is 1.43. The normalized spacial score (nSPS) is 10.3. The molecule has 0 fully saturated rings. The van der Waals surface area contributed by atoms with E-state index < -0.39 is 0 Å². The molecule has 2 aromatic carbocycles. The van der Waals surface area contributed by atoms with E-state index in [1.54, 1.807) is 12.1 Å². The zero-order valence-corrected chi connectivity index (χ0v) is 15.3. The van der Waals surface area contributed by atoms with Gasteiger partial charge in [-0.3, -0.25) is 4.79 Å². The summed E-state index contributed by atoms with van der Waals surface area (Å²) in [5, 5.41) is 14.6. The van der Waals surface area contributed by atoms with Crippen LogP contribution in [0.4, 0.5) is 11.6 Å². The molecule has 0 saturated carbocycles. The number of carbonyl (C=O) groups is 1. The third-order valence-corrected chi connectivity index (χ3v) is 4.06. The summed E-state index contributed by atoms with van der Waals surface area (Å²) in [4.78, 5) is 11.9. The quantitative estimate of drug-likeness (QED) is 0.612. The predicted octanol–water partition coefficient (Wildman–Crippen LogP) is 4.15. The van der Waals surface area contributed by atoms with Crippen LogP contribution in [0.1, 0.15) is 12.0 Å². The Morgan fingerprint density at radius 3 is 2.37 bits per heavy atom. The highest BCUT2D eigenvalue weighted by atomic mass is 35.5. The first kappa shape index (κ1) is 18.7. The molecule has 1 heterocycles. The topological polar surface area (TPSA) is 76.1 Å². The Labute approximate surface area is 162 Å². The highest BCUT2D eigenvalue weighted by Gasteiger charge is 2.05. The summed E-state index contributed by atoms with van der Waals surface area (Å²) in [6.45, 7) is 0.831. The lowest BCUT2D eigenvalue weighted by atomic mass is 10.2. The fraction of sp³-hybridized carbons (Fsp3) is 0.150. The minimum absolute atomic E-state index is 0.183. The molecule has 1 aromatic heterocycles. The summed E-state index contributed by atoms with van der Waals surface area (Å²) >= 11 is 6.12. The van der Waals surface area contributed by atoms with Crippen molar-refractivity contribution < 1.29 is 9.53 Å². The van der Waals surface area contributed by atoms with E-state index in [4.69, 9.17) is 16.3 Å². The van der Waals surface area contributed by atoms with Crippen molar-refractivity contribution in [3.63, 3.8) is 0 Å². The number of aromatic nitrogens is 2. The molecule has 0 aliphatic carbocycles. The maximum absolute atomic E-state index is 11.9. The van der Waals surface area contributed by atoms with Crippen LogP contribution in [0.15, 0.2) is 66.7 Å². The summed E-state index contributed by atoms with van der Waals surface area (Å²) in [6.07, 6.45) is 0.225. The fourth-order valence-electron chi connectivity index (χ4n) is 2.30.